The maximum atomic E-state index is 12.5. The second kappa shape index (κ2) is 8.54. The van der Waals surface area contributed by atoms with Crippen LogP contribution in [-0.2, 0) is 0 Å². The number of nitrogens with zero attached hydrogens (tertiary/aromatic N) is 2. The van der Waals surface area contributed by atoms with E-state index in [0.29, 0.717) is 22.1 Å². The highest BCUT2D eigenvalue weighted by Gasteiger charge is 2.08. The molecule has 0 unspecified atom stereocenters. The summed E-state index contributed by atoms with van der Waals surface area (Å²) in [5, 5.41) is 6.71. The van der Waals surface area contributed by atoms with Crippen LogP contribution in [0.2, 0.25) is 5.02 Å². The topological polar surface area (TPSA) is 66.9 Å². The molecule has 6 heteroatoms. The van der Waals surface area contributed by atoms with Crippen molar-refractivity contribution in [3.63, 3.8) is 0 Å². The number of halogens is 1. The Labute approximate surface area is 173 Å². The van der Waals surface area contributed by atoms with Crippen LogP contribution in [0.1, 0.15) is 10.4 Å². The first-order chi connectivity index (χ1) is 14.2. The van der Waals surface area contributed by atoms with Crippen molar-refractivity contribution >= 4 is 34.7 Å². The highest BCUT2D eigenvalue weighted by Crippen LogP contribution is 2.22. The van der Waals surface area contributed by atoms with Crippen molar-refractivity contribution < 1.29 is 4.79 Å². The molecule has 0 saturated heterocycles. The zero-order valence-electron chi connectivity index (χ0n) is 15.3. The fourth-order valence-electron chi connectivity index (χ4n) is 2.82. The lowest BCUT2D eigenvalue weighted by Crippen LogP contribution is -2.12. The highest BCUT2D eigenvalue weighted by atomic mass is 35.5. The summed E-state index contributed by atoms with van der Waals surface area (Å²) in [5.74, 6) is 0.442. The van der Waals surface area contributed by atoms with Gasteiger partial charge in [0.15, 0.2) is 0 Å². The van der Waals surface area contributed by atoms with Crippen molar-refractivity contribution in [1.82, 2.24) is 9.97 Å². The minimum absolute atomic E-state index is 0.205. The Balaban J connectivity index is 1.50. The zero-order chi connectivity index (χ0) is 20.1. The van der Waals surface area contributed by atoms with Gasteiger partial charge in [0, 0.05) is 33.6 Å². The van der Waals surface area contributed by atoms with Crippen molar-refractivity contribution in [1.29, 1.82) is 0 Å². The molecule has 4 aromatic rings. The SMILES string of the molecule is O=C(Nc1ccc(Cl)cc1)c1cccc(Nc2cc(-c3ccccc3)ncn2)c1. The first kappa shape index (κ1) is 18.7. The molecule has 2 N–H and O–H groups in total. The molecule has 29 heavy (non-hydrogen) atoms. The average Bonchev–Trinajstić information content (AvgIpc) is 2.76. The Hall–Kier alpha value is -3.70. The molecule has 0 radical (unpaired) electrons. The minimum Gasteiger partial charge on any atom is -0.340 e. The summed E-state index contributed by atoms with van der Waals surface area (Å²) in [6.07, 6.45) is 1.52. The third-order valence-electron chi connectivity index (χ3n) is 4.24. The predicted molar refractivity (Wildman–Crippen MR) is 117 cm³/mol. The lowest BCUT2D eigenvalue weighted by Gasteiger charge is -2.09. The van der Waals surface area contributed by atoms with Gasteiger partial charge in [0.25, 0.3) is 5.91 Å². The van der Waals surface area contributed by atoms with Crippen molar-refractivity contribution in [2.45, 2.75) is 0 Å². The van der Waals surface area contributed by atoms with Gasteiger partial charge in [-0.05, 0) is 42.5 Å². The first-order valence-corrected chi connectivity index (χ1v) is 9.37. The predicted octanol–water partition coefficient (Wildman–Crippen LogP) is 5.79. The molecule has 0 saturated carbocycles. The van der Waals surface area contributed by atoms with Crippen LogP contribution in [0, 0.1) is 0 Å². The Morgan fingerprint density at radius 1 is 0.793 bits per heavy atom. The van der Waals surface area contributed by atoms with Crippen LogP contribution in [0.25, 0.3) is 11.3 Å². The largest absolute Gasteiger partial charge is 0.340 e. The summed E-state index contributed by atoms with van der Waals surface area (Å²) in [6.45, 7) is 0. The van der Waals surface area contributed by atoms with Gasteiger partial charge < -0.3 is 10.6 Å². The van der Waals surface area contributed by atoms with E-state index in [1.165, 1.54) is 6.33 Å². The summed E-state index contributed by atoms with van der Waals surface area (Å²) in [6, 6.07) is 26.0. The van der Waals surface area contributed by atoms with Gasteiger partial charge in [0.05, 0.1) is 5.69 Å². The van der Waals surface area contributed by atoms with Gasteiger partial charge in [0.2, 0.25) is 0 Å². The Bertz CT molecular complexity index is 1130. The quantitative estimate of drug-likeness (QED) is 0.444. The summed E-state index contributed by atoms with van der Waals surface area (Å²) in [4.78, 5) is 21.1. The van der Waals surface area contributed by atoms with Gasteiger partial charge in [-0.15, -0.1) is 0 Å². The van der Waals surface area contributed by atoms with Crippen LogP contribution >= 0.6 is 11.6 Å². The molecule has 0 atom stereocenters. The van der Waals surface area contributed by atoms with E-state index in [4.69, 9.17) is 11.6 Å². The molecule has 0 fully saturated rings. The molecular weight excluding hydrogens is 384 g/mol. The number of rotatable bonds is 5. The summed E-state index contributed by atoms with van der Waals surface area (Å²) in [7, 11) is 0. The van der Waals surface area contributed by atoms with E-state index < -0.39 is 0 Å². The third-order valence-corrected chi connectivity index (χ3v) is 4.49. The number of anilines is 3. The molecule has 0 aliphatic heterocycles. The number of benzene rings is 3. The van der Waals surface area contributed by atoms with Crippen LogP contribution in [0.3, 0.4) is 0 Å². The number of nitrogens with one attached hydrogen (secondary N) is 2. The number of hydrogen-bond acceptors (Lipinski definition) is 4. The van der Waals surface area contributed by atoms with Gasteiger partial charge in [-0.25, -0.2) is 9.97 Å². The van der Waals surface area contributed by atoms with Crippen molar-refractivity contribution in [2.24, 2.45) is 0 Å². The molecular formula is C23H17ClN4O. The molecule has 1 amide bonds. The number of aromatic nitrogens is 2. The van der Waals surface area contributed by atoms with Crippen molar-refractivity contribution in [3.8, 4) is 11.3 Å². The second-order valence-corrected chi connectivity index (χ2v) is 6.76. The molecule has 1 heterocycles. The van der Waals surface area contributed by atoms with Gasteiger partial charge in [-0.2, -0.15) is 0 Å². The molecule has 142 valence electrons. The second-order valence-electron chi connectivity index (χ2n) is 6.32. The van der Waals surface area contributed by atoms with E-state index >= 15 is 0 Å². The smallest absolute Gasteiger partial charge is 0.255 e. The van der Waals surface area contributed by atoms with Crippen LogP contribution in [0.5, 0.6) is 0 Å². The minimum atomic E-state index is -0.205. The van der Waals surface area contributed by atoms with E-state index in [1.807, 2.05) is 48.5 Å². The molecule has 0 bridgehead atoms. The Kier molecular flexibility index (Phi) is 5.49. The molecule has 1 aromatic heterocycles. The van der Waals surface area contributed by atoms with Gasteiger partial charge in [0.1, 0.15) is 12.1 Å². The van der Waals surface area contributed by atoms with Crippen molar-refractivity contribution in [2.75, 3.05) is 10.6 Å². The van der Waals surface area contributed by atoms with Gasteiger partial charge >= 0.3 is 0 Å². The standard InChI is InChI=1S/C23H17ClN4O/c24-18-9-11-19(12-10-18)28-23(29)17-7-4-8-20(13-17)27-22-14-21(25-15-26-22)16-5-2-1-3-6-16/h1-15H,(H,28,29)(H,25,26,27). The van der Waals surface area contributed by atoms with Crippen LogP contribution in [-0.4, -0.2) is 15.9 Å². The number of hydrogen-bond donors (Lipinski definition) is 2. The summed E-state index contributed by atoms with van der Waals surface area (Å²) in [5.41, 5.74) is 3.80. The van der Waals surface area contributed by atoms with Crippen LogP contribution in [0.4, 0.5) is 17.2 Å². The number of carbonyl (C=O) groups is 1. The Morgan fingerprint density at radius 2 is 1.59 bits per heavy atom. The zero-order valence-corrected chi connectivity index (χ0v) is 16.1. The number of amides is 1. The van der Waals surface area contributed by atoms with E-state index in [0.717, 1.165) is 16.9 Å². The van der Waals surface area contributed by atoms with Gasteiger partial charge in [-0.3, -0.25) is 4.79 Å². The molecule has 3 aromatic carbocycles. The lowest BCUT2D eigenvalue weighted by atomic mass is 10.1. The molecule has 0 aliphatic rings. The fraction of sp³-hybridized carbons (Fsp3) is 0. The molecule has 0 spiro atoms. The average molecular weight is 401 g/mol. The monoisotopic (exact) mass is 400 g/mol. The van der Waals surface area contributed by atoms with Crippen LogP contribution < -0.4 is 10.6 Å². The van der Waals surface area contributed by atoms with Crippen molar-refractivity contribution in [3.05, 3.63) is 102 Å². The fourth-order valence-corrected chi connectivity index (χ4v) is 2.94. The first-order valence-electron chi connectivity index (χ1n) is 8.99. The van der Waals surface area contributed by atoms with E-state index in [-0.39, 0.29) is 5.91 Å². The third kappa shape index (κ3) is 4.78. The summed E-state index contributed by atoms with van der Waals surface area (Å²) < 4.78 is 0. The normalized spacial score (nSPS) is 10.4. The van der Waals surface area contributed by atoms with E-state index in [1.54, 1.807) is 36.4 Å². The molecule has 4 rings (SSSR count). The number of carbonyl (C=O) groups excluding carboxylic acids is 1. The van der Waals surface area contributed by atoms with Crippen LogP contribution in [0.15, 0.2) is 91.3 Å². The summed E-state index contributed by atoms with van der Waals surface area (Å²) >= 11 is 5.88. The van der Waals surface area contributed by atoms with E-state index in [2.05, 4.69) is 20.6 Å². The van der Waals surface area contributed by atoms with E-state index in [9.17, 15) is 4.79 Å². The maximum Gasteiger partial charge on any atom is 0.255 e. The maximum absolute atomic E-state index is 12.5. The Morgan fingerprint density at radius 3 is 2.38 bits per heavy atom. The van der Waals surface area contributed by atoms with Gasteiger partial charge in [-0.1, -0.05) is 48.0 Å². The highest BCUT2D eigenvalue weighted by molar-refractivity contribution is 6.30. The lowest BCUT2D eigenvalue weighted by molar-refractivity contribution is 0.102. The molecule has 0 aliphatic carbocycles. The molecule has 5 nitrogen and oxygen atoms in total.